The Morgan fingerprint density at radius 1 is 0.607 bits per heavy atom. The number of rotatable bonds is 2. The fraction of sp³-hybridized carbons (Fsp3) is 1.00. The minimum atomic E-state index is -1.75. The normalized spacial score (nSPS) is 7.07. The molecule has 0 amide bonds. The van der Waals surface area contributed by atoms with Gasteiger partial charge < -0.3 is 84.2 Å². The average molecular weight is 1010 g/mol. The summed E-state index contributed by atoms with van der Waals surface area (Å²) < 4.78 is -0.241. The van der Waals surface area contributed by atoms with E-state index in [1.165, 1.54) is 0 Å². The molecule has 0 aromatic rings. The Kier molecular flexibility index (Phi) is 74.3. The Balaban J connectivity index is -0.0000000284. The van der Waals surface area contributed by atoms with Crippen LogP contribution < -0.4 is 22.9 Å². The number of nitrogens with two attached hydrogens (primary N) is 4. The molecule has 0 radical (unpaired) electrons. The topological polar surface area (TPSA) is 369 Å². The van der Waals surface area contributed by atoms with Crippen molar-refractivity contribution in [3.63, 3.8) is 0 Å². The van der Waals surface area contributed by atoms with E-state index in [1.807, 2.05) is 0 Å². The van der Waals surface area contributed by atoms with Crippen LogP contribution in [0.1, 0.15) is 0 Å². The molecule has 0 aromatic heterocycles. The minimum Gasteiger partial charge on any atom is -0.356 e. The molecule has 0 aromatic carbocycles. The van der Waals surface area contributed by atoms with Crippen molar-refractivity contribution in [1.82, 2.24) is 0 Å². The summed E-state index contributed by atoms with van der Waals surface area (Å²) in [6.45, 7) is 1.72. The maximum Gasteiger partial charge on any atom is 2.00 e. The van der Waals surface area contributed by atoms with Crippen molar-refractivity contribution < 1.29 is 62.5 Å². The summed E-state index contributed by atoms with van der Waals surface area (Å²) in [4.78, 5) is 33.0. The van der Waals surface area contributed by atoms with Crippen molar-refractivity contribution in [1.29, 1.82) is 0 Å². The molecule has 0 aliphatic rings. The van der Waals surface area contributed by atoms with Crippen molar-refractivity contribution in [2.45, 2.75) is 1.55 Å². The summed E-state index contributed by atoms with van der Waals surface area (Å²) in [5, 5.41) is 59.0. The molecule has 0 atom stereocenters. The standard InChI is InChI=1S/C2H6I2N2.C2H8N2.4NO3.2Pt/c3-2(4,6)1-5;3-1-2-4;4*2-1(3)4;;/h1,5-6H2;1-4H2;;;;;;/q;;4*-1;2*+2. The van der Waals surface area contributed by atoms with Gasteiger partial charge in [0.05, 0.1) is 20.3 Å². The molecule has 0 fully saturated rings. The van der Waals surface area contributed by atoms with E-state index in [0.29, 0.717) is 19.6 Å². The van der Waals surface area contributed by atoms with Gasteiger partial charge in [0.2, 0.25) is 0 Å². The van der Waals surface area contributed by atoms with Crippen LogP contribution in [0.2, 0.25) is 0 Å². The second-order valence-electron chi connectivity index (χ2n) is 2.44. The van der Waals surface area contributed by atoms with E-state index in [4.69, 9.17) is 84.2 Å². The van der Waals surface area contributed by atoms with Gasteiger partial charge >= 0.3 is 42.1 Å². The van der Waals surface area contributed by atoms with E-state index >= 15 is 0 Å². The SMILES string of the molecule is NCC(N)(I)I.NCCN.O=[N+]([O-])[O-].O=[N+]([O-])[O-].O=[N+]([O-])[O-].O=[N+]([O-])[O-].[Pt+2].[Pt+2]. The smallest absolute Gasteiger partial charge is 0.356 e. The molecule has 8 N–H and O–H groups in total. The summed E-state index contributed by atoms with van der Waals surface area (Å²) in [5.41, 5.74) is 20.4. The Hall–Kier alpha value is -0.523. The third kappa shape index (κ3) is 1260. The van der Waals surface area contributed by atoms with Gasteiger partial charge in [-0.15, -0.1) is 0 Å². The molecule has 28 heavy (non-hydrogen) atoms. The van der Waals surface area contributed by atoms with Gasteiger partial charge in [-0.2, -0.15) is 0 Å². The quantitative estimate of drug-likeness (QED) is 0.0793. The monoisotopic (exact) mass is 1010 g/mol. The summed E-state index contributed by atoms with van der Waals surface area (Å²) in [5.74, 6) is 0. The zero-order valence-corrected chi connectivity index (χ0v) is 21.9. The molecule has 0 rings (SSSR count). The predicted octanol–water partition coefficient (Wildman–Crippen LogP) is -1.63. The maximum atomic E-state index is 8.25. The van der Waals surface area contributed by atoms with E-state index in [-0.39, 0.29) is 43.7 Å². The van der Waals surface area contributed by atoms with Crippen molar-refractivity contribution in [3.05, 3.63) is 61.3 Å². The van der Waals surface area contributed by atoms with Crippen LogP contribution in [0.25, 0.3) is 0 Å². The van der Waals surface area contributed by atoms with E-state index in [1.54, 1.807) is 0 Å². The van der Waals surface area contributed by atoms with Gasteiger partial charge in [-0.25, -0.2) is 0 Å². The van der Waals surface area contributed by atoms with Gasteiger partial charge in [-0.3, -0.25) is 0 Å². The first-order chi connectivity index (χ1) is 11.4. The molecule has 24 heteroatoms. The second-order valence-corrected chi connectivity index (χ2v) is 8.35. The molecule has 0 spiro atoms. The summed E-state index contributed by atoms with van der Waals surface area (Å²) >= 11 is 4.16. The molecule has 20 nitrogen and oxygen atoms in total. The Morgan fingerprint density at radius 3 is 0.679 bits per heavy atom. The zero-order valence-electron chi connectivity index (χ0n) is 13.0. The van der Waals surface area contributed by atoms with E-state index in [0.717, 1.165) is 0 Å². The van der Waals surface area contributed by atoms with Crippen LogP contribution in [0, 0.1) is 61.3 Å². The van der Waals surface area contributed by atoms with E-state index < -0.39 is 20.3 Å². The molecule has 0 saturated carbocycles. The van der Waals surface area contributed by atoms with E-state index in [9.17, 15) is 0 Å². The predicted molar refractivity (Wildman–Crippen MR) is 104 cm³/mol. The van der Waals surface area contributed by atoms with E-state index in [2.05, 4.69) is 45.2 Å². The molecule has 0 aliphatic heterocycles. The van der Waals surface area contributed by atoms with Gasteiger partial charge in [0.1, 0.15) is 1.55 Å². The first kappa shape index (κ1) is 50.8. The molecule has 0 saturated heterocycles. The molecule has 0 bridgehead atoms. The Bertz CT molecular complexity index is 297. The van der Waals surface area contributed by atoms with Crippen molar-refractivity contribution in [3.8, 4) is 0 Å². The molecule has 176 valence electrons. The van der Waals surface area contributed by atoms with Crippen LogP contribution in [0.3, 0.4) is 0 Å². The molecule has 0 heterocycles. The molecular weight excluding hydrogens is 996 g/mol. The molecular formula is C4H14I2N8O12Pt2. The first-order valence-electron chi connectivity index (χ1n) is 4.94. The van der Waals surface area contributed by atoms with Crippen LogP contribution in [-0.2, 0) is 42.1 Å². The minimum absolute atomic E-state index is 0. The number of halogens is 2. The maximum absolute atomic E-state index is 8.25. The third-order valence-corrected chi connectivity index (χ3v) is 1.32. The average Bonchev–Trinajstić information content (AvgIpc) is 2.35. The van der Waals surface area contributed by atoms with Gasteiger partial charge in [0, 0.05) is 19.6 Å². The van der Waals surface area contributed by atoms with Crippen LogP contribution in [-0.4, -0.2) is 41.5 Å². The van der Waals surface area contributed by atoms with Crippen LogP contribution in [0.5, 0.6) is 0 Å². The fourth-order valence-electron chi connectivity index (χ4n) is 0. The summed E-state index contributed by atoms with van der Waals surface area (Å²) in [6.07, 6.45) is 0. The fourth-order valence-corrected chi connectivity index (χ4v) is 0. The Labute approximate surface area is 211 Å². The largest absolute Gasteiger partial charge is 2.00 e. The molecule has 0 aliphatic carbocycles. The summed E-state index contributed by atoms with van der Waals surface area (Å²) in [7, 11) is 0. The number of alkyl halides is 2. The molecule has 0 unspecified atom stereocenters. The van der Waals surface area contributed by atoms with Gasteiger partial charge in [0.15, 0.2) is 0 Å². The first-order valence-corrected chi connectivity index (χ1v) is 7.09. The van der Waals surface area contributed by atoms with Crippen LogP contribution >= 0.6 is 45.2 Å². The summed E-state index contributed by atoms with van der Waals surface area (Å²) in [6, 6.07) is 0. The van der Waals surface area contributed by atoms with Crippen molar-refractivity contribution in [2.75, 3.05) is 19.6 Å². The van der Waals surface area contributed by atoms with Gasteiger partial charge in [-0.05, 0) is 45.2 Å². The van der Waals surface area contributed by atoms with Crippen molar-refractivity contribution in [2.24, 2.45) is 22.9 Å². The number of hydrogen-bond donors (Lipinski definition) is 4. The Morgan fingerprint density at radius 2 is 0.679 bits per heavy atom. The van der Waals surface area contributed by atoms with Gasteiger partial charge in [-0.1, -0.05) is 0 Å². The van der Waals surface area contributed by atoms with Crippen LogP contribution in [0.4, 0.5) is 0 Å². The number of nitrogens with zero attached hydrogens (tertiary/aromatic N) is 4. The van der Waals surface area contributed by atoms with Crippen molar-refractivity contribution >= 4 is 45.2 Å². The zero-order chi connectivity index (χ0) is 22.9. The van der Waals surface area contributed by atoms with Crippen LogP contribution in [0.15, 0.2) is 0 Å². The van der Waals surface area contributed by atoms with Gasteiger partial charge in [0.25, 0.3) is 0 Å². The number of hydrogen-bond acceptors (Lipinski definition) is 16. The third-order valence-electron chi connectivity index (χ3n) is 0.439. The second kappa shape index (κ2) is 41.0.